The molecule has 0 bridgehead atoms. The van der Waals surface area contributed by atoms with Crippen LogP contribution in [-0.4, -0.2) is 11.0 Å². The van der Waals surface area contributed by atoms with Crippen molar-refractivity contribution < 1.29 is 4.79 Å². The average molecular weight is 323 g/mol. The van der Waals surface area contributed by atoms with E-state index in [1.165, 1.54) is 0 Å². The third-order valence-electron chi connectivity index (χ3n) is 3.68. The summed E-state index contributed by atoms with van der Waals surface area (Å²) in [7, 11) is 0. The zero-order valence-electron chi connectivity index (χ0n) is 12.7. The SMILES string of the molecule is CC1=C(C(=O)Nc2ccccc2)C(c2ccccc2)NC(=S)N1. The van der Waals surface area contributed by atoms with E-state index in [1.807, 2.05) is 67.6 Å². The first kappa shape index (κ1) is 15.2. The van der Waals surface area contributed by atoms with Crippen LogP contribution < -0.4 is 16.0 Å². The molecule has 1 heterocycles. The Balaban J connectivity index is 1.94. The minimum atomic E-state index is -0.270. The van der Waals surface area contributed by atoms with Gasteiger partial charge in [-0.05, 0) is 36.8 Å². The van der Waals surface area contributed by atoms with Gasteiger partial charge in [0.1, 0.15) is 0 Å². The standard InChI is InChI=1S/C18H17N3OS/c1-12-15(17(22)20-14-10-6-3-7-11-14)16(21-18(23)19-12)13-8-4-2-5-9-13/h2-11,16H,1H3,(H,20,22)(H2,19,21,23). The Bertz CT molecular complexity index is 756. The van der Waals surface area contributed by atoms with Crippen LogP contribution in [0.15, 0.2) is 71.9 Å². The third-order valence-corrected chi connectivity index (χ3v) is 3.90. The van der Waals surface area contributed by atoms with Gasteiger partial charge in [0, 0.05) is 11.4 Å². The van der Waals surface area contributed by atoms with Crippen LogP contribution >= 0.6 is 12.2 Å². The third kappa shape index (κ3) is 3.40. The summed E-state index contributed by atoms with van der Waals surface area (Å²) >= 11 is 5.24. The number of rotatable bonds is 3. The van der Waals surface area contributed by atoms with Gasteiger partial charge in [0.2, 0.25) is 0 Å². The Hall–Kier alpha value is -2.66. The summed E-state index contributed by atoms with van der Waals surface area (Å²) in [6, 6.07) is 18.9. The van der Waals surface area contributed by atoms with E-state index in [0.29, 0.717) is 10.7 Å². The molecule has 0 spiro atoms. The van der Waals surface area contributed by atoms with E-state index < -0.39 is 0 Å². The van der Waals surface area contributed by atoms with Gasteiger partial charge in [0.05, 0.1) is 11.6 Å². The maximum absolute atomic E-state index is 12.8. The number of nitrogens with one attached hydrogen (secondary N) is 3. The second-order valence-corrected chi connectivity index (χ2v) is 5.71. The monoisotopic (exact) mass is 323 g/mol. The molecule has 2 aromatic rings. The van der Waals surface area contributed by atoms with Gasteiger partial charge in [-0.1, -0.05) is 48.5 Å². The number of para-hydroxylation sites is 1. The number of amides is 1. The molecular weight excluding hydrogens is 306 g/mol. The first-order chi connectivity index (χ1) is 11.1. The van der Waals surface area contributed by atoms with Crippen molar-refractivity contribution in [2.24, 2.45) is 0 Å². The van der Waals surface area contributed by atoms with Crippen molar-refractivity contribution in [2.75, 3.05) is 5.32 Å². The molecule has 0 aromatic heterocycles. The number of allylic oxidation sites excluding steroid dienone is 1. The van der Waals surface area contributed by atoms with Gasteiger partial charge in [-0.2, -0.15) is 0 Å². The average Bonchev–Trinajstić information content (AvgIpc) is 2.55. The molecule has 3 rings (SSSR count). The van der Waals surface area contributed by atoms with Crippen molar-refractivity contribution in [3.8, 4) is 0 Å². The molecule has 0 aliphatic carbocycles. The minimum Gasteiger partial charge on any atom is -0.351 e. The summed E-state index contributed by atoms with van der Waals surface area (Å²) in [4.78, 5) is 12.8. The predicted octanol–water partition coefficient (Wildman–Crippen LogP) is 3.12. The lowest BCUT2D eigenvalue weighted by molar-refractivity contribution is -0.113. The van der Waals surface area contributed by atoms with Gasteiger partial charge in [-0.3, -0.25) is 4.79 Å². The number of anilines is 1. The van der Waals surface area contributed by atoms with Crippen molar-refractivity contribution in [1.29, 1.82) is 0 Å². The summed E-state index contributed by atoms with van der Waals surface area (Å²) < 4.78 is 0. The van der Waals surface area contributed by atoms with Gasteiger partial charge < -0.3 is 16.0 Å². The van der Waals surface area contributed by atoms with Gasteiger partial charge in [0.15, 0.2) is 5.11 Å². The van der Waals surface area contributed by atoms with Gasteiger partial charge in [-0.15, -0.1) is 0 Å². The minimum absolute atomic E-state index is 0.148. The Morgan fingerprint density at radius 3 is 2.30 bits per heavy atom. The molecule has 0 saturated heterocycles. The molecule has 1 unspecified atom stereocenters. The van der Waals surface area contributed by atoms with Crippen molar-refractivity contribution in [3.63, 3.8) is 0 Å². The van der Waals surface area contributed by atoms with E-state index in [2.05, 4.69) is 16.0 Å². The van der Waals surface area contributed by atoms with Crippen LogP contribution in [0.3, 0.4) is 0 Å². The molecule has 23 heavy (non-hydrogen) atoms. The molecule has 0 fully saturated rings. The summed E-state index contributed by atoms with van der Waals surface area (Å²) in [5.74, 6) is -0.148. The van der Waals surface area contributed by atoms with Gasteiger partial charge >= 0.3 is 0 Å². The van der Waals surface area contributed by atoms with E-state index in [4.69, 9.17) is 12.2 Å². The molecular formula is C18H17N3OS. The molecule has 0 saturated carbocycles. The lowest BCUT2D eigenvalue weighted by atomic mass is 9.95. The van der Waals surface area contributed by atoms with Crippen molar-refractivity contribution >= 4 is 28.9 Å². The highest BCUT2D eigenvalue weighted by molar-refractivity contribution is 7.80. The highest BCUT2D eigenvalue weighted by Gasteiger charge is 2.29. The van der Waals surface area contributed by atoms with Crippen molar-refractivity contribution in [1.82, 2.24) is 10.6 Å². The lowest BCUT2D eigenvalue weighted by Crippen LogP contribution is -2.45. The lowest BCUT2D eigenvalue weighted by Gasteiger charge is -2.30. The number of benzene rings is 2. The van der Waals surface area contributed by atoms with E-state index >= 15 is 0 Å². The number of hydrogen-bond donors (Lipinski definition) is 3. The quantitative estimate of drug-likeness (QED) is 0.760. The Morgan fingerprint density at radius 1 is 1.04 bits per heavy atom. The number of hydrogen-bond acceptors (Lipinski definition) is 2. The molecule has 1 aliphatic rings. The summed E-state index contributed by atoms with van der Waals surface area (Å²) in [6.07, 6.45) is 0. The number of thiocarbonyl (C=S) groups is 1. The predicted molar refractivity (Wildman–Crippen MR) is 95.8 cm³/mol. The molecule has 3 N–H and O–H groups in total. The molecule has 4 nitrogen and oxygen atoms in total. The maximum atomic E-state index is 12.8. The van der Waals surface area contributed by atoms with Gasteiger partial charge in [0.25, 0.3) is 5.91 Å². The van der Waals surface area contributed by atoms with E-state index in [1.54, 1.807) is 0 Å². The highest BCUT2D eigenvalue weighted by Crippen LogP contribution is 2.27. The van der Waals surface area contributed by atoms with Gasteiger partial charge in [-0.25, -0.2) is 0 Å². The van der Waals surface area contributed by atoms with Crippen molar-refractivity contribution in [3.05, 3.63) is 77.5 Å². The fraction of sp³-hybridized carbons (Fsp3) is 0.111. The molecule has 1 amide bonds. The molecule has 1 aliphatic heterocycles. The van der Waals surface area contributed by atoms with Crippen LogP contribution in [0.2, 0.25) is 0 Å². The van der Waals surface area contributed by atoms with Crippen molar-refractivity contribution in [2.45, 2.75) is 13.0 Å². The van der Waals surface area contributed by atoms with Crippen LogP contribution in [0.1, 0.15) is 18.5 Å². The Labute approximate surface area is 140 Å². The summed E-state index contributed by atoms with van der Waals surface area (Å²) in [5.41, 5.74) is 3.15. The molecule has 116 valence electrons. The van der Waals surface area contributed by atoms with E-state index in [0.717, 1.165) is 16.9 Å². The van der Waals surface area contributed by atoms with Crippen LogP contribution in [0, 0.1) is 0 Å². The van der Waals surface area contributed by atoms with E-state index in [9.17, 15) is 4.79 Å². The topological polar surface area (TPSA) is 53.2 Å². The first-order valence-electron chi connectivity index (χ1n) is 7.35. The maximum Gasteiger partial charge on any atom is 0.255 e. The Kier molecular flexibility index (Phi) is 4.39. The van der Waals surface area contributed by atoms with Crippen LogP contribution in [-0.2, 0) is 4.79 Å². The zero-order chi connectivity index (χ0) is 16.2. The smallest absolute Gasteiger partial charge is 0.255 e. The highest BCUT2D eigenvalue weighted by atomic mass is 32.1. The number of carbonyl (C=O) groups is 1. The fourth-order valence-corrected chi connectivity index (χ4v) is 2.88. The van der Waals surface area contributed by atoms with E-state index in [-0.39, 0.29) is 11.9 Å². The normalized spacial score (nSPS) is 17.3. The van der Waals surface area contributed by atoms with Crippen LogP contribution in [0.5, 0.6) is 0 Å². The second-order valence-electron chi connectivity index (χ2n) is 5.30. The molecule has 5 heteroatoms. The Morgan fingerprint density at radius 2 is 1.65 bits per heavy atom. The second kappa shape index (κ2) is 6.62. The first-order valence-corrected chi connectivity index (χ1v) is 7.75. The number of carbonyl (C=O) groups excluding carboxylic acids is 1. The molecule has 2 aromatic carbocycles. The van der Waals surface area contributed by atoms with Crippen LogP contribution in [0.25, 0.3) is 0 Å². The molecule has 0 radical (unpaired) electrons. The largest absolute Gasteiger partial charge is 0.351 e. The fourth-order valence-electron chi connectivity index (χ4n) is 2.61. The molecule has 1 atom stereocenters. The zero-order valence-corrected chi connectivity index (χ0v) is 13.5. The summed E-state index contributed by atoms with van der Waals surface area (Å²) in [6.45, 7) is 1.86. The summed E-state index contributed by atoms with van der Waals surface area (Å²) in [5, 5.41) is 9.67. The van der Waals surface area contributed by atoms with Crippen LogP contribution in [0.4, 0.5) is 5.69 Å².